The van der Waals surface area contributed by atoms with E-state index in [2.05, 4.69) is 19.2 Å². The number of nitrogens with one attached hydrogen (secondary N) is 1. The van der Waals surface area contributed by atoms with E-state index in [1.54, 1.807) is 14.0 Å². The Bertz CT molecular complexity index is 208. The van der Waals surface area contributed by atoms with Gasteiger partial charge in [0.15, 0.2) is 0 Å². The van der Waals surface area contributed by atoms with Crippen LogP contribution in [0, 0.1) is 0 Å². The number of ether oxygens (including phenoxy) is 1. The molecule has 96 valence electrons. The molecule has 0 aromatic heterocycles. The van der Waals surface area contributed by atoms with Crippen molar-refractivity contribution < 1.29 is 14.6 Å². The Balaban J connectivity index is 3.76. The molecule has 2 N–H and O–H groups in total. The Morgan fingerprint density at radius 2 is 2.19 bits per heavy atom. The van der Waals surface area contributed by atoms with Crippen LogP contribution in [0.5, 0.6) is 0 Å². The second kappa shape index (κ2) is 7.63. The molecule has 0 aromatic rings. The van der Waals surface area contributed by atoms with Gasteiger partial charge in [0.25, 0.3) is 0 Å². The molecule has 4 heteroatoms. The molecule has 0 aliphatic heterocycles. The summed E-state index contributed by atoms with van der Waals surface area (Å²) in [7, 11) is 1.68. The molecule has 0 rings (SSSR count). The van der Waals surface area contributed by atoms with E-state index in [0.717, 1.165) is 19.3 Å². The molecule has 0 spiro atoms. The molecule has 0 aromatic carbocycles. The summed E-state index contributed by atoms with van der Waals surface area (Å²) < 4.78 is 5.58. The zero-order valence-electron chi connectivity index (χ0n) is 10.9. The standard InChI is InChI=1S/C12H25NO3/c1-5-7-10(2)16-9-6-8-12(3,13-4)11(14)15/h10,13H,5-9H2,1-4H3,(H,14,15). The maximum Gasteiger partial charge on any atom is 0.323 e. The van der Waals surface area contributed by atoms with Crippen molar-refractivity contribution in [2.75, 3.05) is 13.7 Å². The van der Waals surface area contributed by atoms with Gasteiger partial charge in [-0.15, -0.1) is 0 Å². The Hall–Kier alpha value is -0.610. The van der Waals surface area contributed by atoms with Crippen molar-refractivity contribution in [1.82, 2.24) is 5.32 Å². The maximum atomic E-state index is 11.0. The van der Waals surface area contributed by atoms with E-state index < -0.39 is 11.5 Å². The number of carbonyl (C=O) groups is 1. The number of hydrogen-bond acceptors (Lipinski definition) is 3. The number of likely N-dealkylation sites (N-methyl/N-ethyl adjacent to an activating group) is 1. The lowest BCUT2D eigenvalue weighted by Crippen LogP contribution is -2.47. The highest BCUT2D eigenvalue weighted by Gasteiger charge is 2.30. The normalized spacial score (nSPS) is 16.8. The highest BCUT2D eigenvalue weighted by atomic mass is 16.5. The molecule has 2 unspecified atom stereocenters. The third-order valence-corrected chi connectivity index (χ3v) is 2.94. The van der Waals surface area contributed by atoms with Crippen molar-refractivity contribution in [1.29, 1.82) is 0 Å². The number of aliphatic carboxylic acids is 1. The minimum absolute atomic E-state index is 0.274. The molecule has 0 fully saturated rings. The number of carboxylic acid groups (broad SMARTS) is 1. The SMILES string of the molecule is CCCC(C)OCCCC(C)(NC)C(=O)O. The summed E-state index contributed by atoms with van der Waals surface area (Å²) in [5, 5.41) is 11.9. The van der Waals surface area contributed by atoms with Crippen molar-refractivity contribution in [3.63, 3.8) is 0 Å². The van der Waals surface area contributed by atoms with E-state index in [4.69, 9.17) is 9.84 Å². The van der Waals surface area contributed by atoms with Gasteiger partial charge in [-0.1, -0.05) is 13.3 Å². The van der Waals surface area contributed by atoms with Gasteiger partial charge < -0.3 is 15.2 Å². The summed E-state index contributed by atoms with van der Waals surface area (Å²) in [6.45, 7) is 6.51. The third kappa shape index (κ3) is 5.47. The molecule has 2 atom stereocenters. The molecule has 0 bridgehead atoms. The van der Waals surface area contributed by atoms with Crippen LogP contribution in [0.1, 0.15) is 46.5 Å². The second-order valence-electron chi connectivity index (χ2n) is 4.46. The number of hydrogen-bond donors (Lipinski definition) is 2. The fourth-order valence-corrected chi connectivity index (χ4v) is 1.54. The van der Waals surface area contributed by atoms with Crippen LogP contribution in [-0.4, -0.2) is 36.4 Å². The van der Waals surface area contributed by atoms with Crippen molar-refractivity contribution in [3.8, 4) is 0 Å². The number of carboxylic acids is 1. The van der Waals surface area contributed by atoms with E-state index in [1.165, 1.54) is 0 Å². The van der Waals surface area contributed by atoms with Crippen molar-refractivity contribution in [2.45, 2.75) is 58.1 Å². The van der Waals surface area contributed by atoms with Crippen LogP contribution >= 0.6 is 0 Å². The lowest BCUT2D eigenvalue weighted by Gasteiger charge is -2.24. The van der Waals surface area contributed by atoms with Crippen LogP contribution in [0.2, 0.25) is 0 Å². The van der Waals surface area contributed by atoms with E-state index in [9.17, 15) is 4.79 Å². The molecule has 0 aliphatic rings. The Kier molecular flexibility index (Phi) is 7.34. The monoisotopic (exact) mass is 231 g/mol. The summed E-state index contributed by atoms with van der Waals surface area (Å²) in [4.78, 5) is 11.0. The third-order valence-electron chi connectivity index (χ3n) is 2.94. The summed E-state index contributed by atoms with van der Waals surface area (Å²) in [6, 6.07) is 0. The van der Waals surface area contributed by atoms with Crippen LogP contribution < -0.4 is 5.32 Å². The van der Waals surface area contributed by atoms with E-state index in [-0.39, 0.29) is 6.10 Å². The Morgan fingerprint density at radius 3 is 2.62 bits per heavy atom. The summed E-state index contributed by atoms with van der Waals surface area (Å²) in [5.74, 6) is -0.809. The van der Waals surface area contributed by atoms with Gasteiger partial charge in [-0.25, -0.2) is 0 Å². The quantitative estimate of drug-likeness (QED) is 0.596. The average Bonchev–Trinajstić information content (AvgIpc) is 2.24. The topological polar surface area (TPSA) is 58.6 Å². The van der Waals surface area contributed by atoms with Crippen molar-refractivity contribution >= 4 is 5.97 Å². The van der Waals surface area contributed by atoms with Crippen LogP contribution in [0.25, 0.3) is 0 Å². The minimum Gasteiger partial charge on any atom is -0.480 e. The molecule has 0 saturated carbocycles. The van der Waals surface area contributed by atoms with Crippen LogP contribution in [0.3, 0.4) is 0 Å². The lowest BCUT2D eigenvalue weighted by molar-refractivity contribution is -0.144. The molecule has 4 nitrogen and oxygen atoms in total. The predicted octanol–water partition coefficient (Wildman–Crippen LogP) is 2.03. The molecule has 0 radical (unpaired) electrons. The Labute approximate surface area is 98.4 Å². The van der Waals surface area contributed by atoms with E-state index >= 15 is 0 Å². The first-order chi connectivity index (χ1) is 7.46. The smallest absolute Gasteiger partial charge is 0.323 e. The molecule has 16 heavy (non-hydrogen) atoms. The van der Waals surface area contributed by atoms with Crippen LogP contribution in [0.15, 0.2) is 0 Å². The maximum absolute atomic E-state index is 11.0. The van der Waals surface area contributed by atoms with Gasteiger partial charge in [0.1, 0.15) is 5.54 Å². The Morgan fingerprint density at radius 1 is 1.56 bits per heavy atom. The van der Waals surface area contributed by atoms with Gasteiger partial charge in [-0.3, -0.25) is 4.79 Å². The fourth-order valence-electron chi connectivity index (χ4n) is 1.54. The molecule has 0 heterocycles. The average molecular weight is 231 g/mol. The van der Waals surface area contributed by atoms with E-state index in [1.807, 2.05) is 0 Å². The minimum atomic E-state index is -0.836. The van der Waals surface area contributed by atoms with Gasteiger partial charge in [0, 0.05) is 6.61 Å². The summed E-state index contributed by atoms with van der Waals surface area (Å²) in [5.41, 5.74) is -0.836. The van der Waals surface area contributed by atoms with Crippen LogP contribution in [0.4, 0.5) is 0 Å². The summed E-state index contributed by atoms with van der Waals surface area (Å²) in [6.07, 6.45) is 3.79. The molecule has 0 saturated heterocycles. The second-order valence-corrected chi connectivity index (χ2v) is 4.46. The lowest BCUT2D eigenvalue weighted by atomic mass is 9.96. The zero-order valence-corrected chi connectivity index (χ0v) is 10.9. The van der Waals surface area contributed by atoms with Gasteiger partial charge in [0.05, 0.1) is 6.10 Å². The molecule has 0 aliphatic carbocycles. The highest BCUT2D eigenvalue weighted by Crippen LogP contribution is 2.12. The molecular formula is C12H25NO3. The van der Waals surface area contributed by atoms with Gasteiger partial charge in [-0.05, 0) is 40.2 Å². The number of rotatable bonds is 9. The molecule has 0 amide bonds. The van der Waals surface area contributed by atoms with E-state index in [0.29, 0.717) is 13.0 Å². The first-order valence-corrected chi connectivity index (χ1v) is 6.00. The van der Waals surface area contributed by atoms with Gasteiger partial charge in [-0.2, -0.15) is 0 Å². The van der Waals surface area contributed by atoms with Gasteiger partial charge >= 0.3 is 5.97 Å². The van der Waals surface area contributed by atoms with Crippen molar-refractivity contribution in [2.24, 2.45) is 0 Å². The zero-order chi connectivity index (χ0) is 12.6. The van der Waals surface area contributed by atoms with Crippen molar-refractivity contribution in [3.05, 3.63) is 0 Å². The largest absolute Gasteiger partial charge is 0.480 e. The summed E-state index contributed by atoms with van der Waals surface area (Å²) >= 11 is 0. The predicted molar refractivity (Wildman–Crippen MR) is 64.7 cm³/mol. The van der Waals surface area contributed by atoms with Crippen LogP contribution in [-0.2, 0) is 9.53 Å². The highest BCUT2D eigenvalue weighted by molar-refractivity contribution is 5.78. The van der Waals surface area contributed by atoms with Gasteiger partial charge in [0.2, 0.25) is 0 Å². The first kappa shape index (κ1) is 15.4. The fraction of sp³-hybridized carbons (Fsp3) is 0.917. The first-order valence-electron chi connectivity index (χ1n) is 6.00. The molecular weight excluding hydrogens is 206 g/mol.